The molecule has 3 N–H and O–H groups in total. The van der Waals surface area contributed by atoms with Crippen molar-refractivity contribution in [3.05, 3.63) is 59.7 Å². The van der Waals surface area contributed by atoms with Crippen LogP contribution in [0.1, 0.15) is 36.4 Å². The van der Waals surface area contributed by atoms with E-state index >= 15 is 0 Å². The molecular formula is C24H28N4O3S. The Kier molecular flexibility index (Phi) is 6.99. The number of para-hydroxylation sites is 2. The smallest absolute Gasteiger partial charge is 0.323 e. The van der Waals surface area contributed by atoms with Crippen molar-refractivity contribution in [3.63, 3.8) is 0 Å². The average molecular weight is 453 g/mol. The Morgan fingerprint density at radius 1 is 1.19 bits per heavy atom. The highest BCUT2D eigenvalue weighted by atomic mass is 32.2. The molecule has 4 rings (SSSR count). The monoisotopic (exact) mass is 452 g/mol. The predicted molar refractivity (Wildman–Crippen MR) is 128 cm³/mol. The molecule has 1 aliphatic heterocycles. The lowest BCUT2D eigenvalue weighted by molar-refractivity contribution is -0.123. The molecule has 0 radical (unpaired) electrons. The van der Waals surface area contributed by atoms with E-state index in [1.807, 2.05) is 24.5 Å². The third kappa shape index (κ3) is 4.91. The van der Waals surface area contributed by atoms with E-state index in [4.69, 9.17) is 0 Å². The van der Waals surface area contributed by atoms with Crippen molar-refractivity contribution in [3.8, 4) is 0 Å². The molecule has 1 heterocycles. The van der Waals surface area contributed by atoms with Crippen LogP contribution in [0.5, 0.6) is 0 Å². The van der Waals surface area contributed by atoms with Gasteiger partial charge in [-0.15, -0.1) is 0 Å². The molecule has 7 nitrogen and oxygen atoms in total. The highest BCUT2D eigenvalue weighted by Crippen LogP contribution is 2.30. The molecule has 1 aliphatic carbocycles. The zero-order chi connectivity index (χ0) is 22.5. The number of carbonyl (C=O) groups excluding carboxylic acids is 3. The van der Waals surface area contributed by atoms with Crippen LogP contribution in [-0.4, -0.2) is 42.4 Å². The Morgan fingerprint density at radius 3 is 2.81 bits per heavy atom. The minimum Gasteiger partial charge on any atom is -0.348 e. The van der Waals surface area contributed by atoms with E-state index in [0.29, 0.717) is 17.8 Å². The van der Waals surface area contributed by atoms with Crippen molar-refractivity contribution in [2.75, 3.05) is 28.8 Å². The van der Waals surface area contributed by atoms with Crippen LogP contribution in [0.2, 0.25) is 0 Å². The fraction of sp³-hybridized carbons (Fsp3) is 0.375. The lowest BCUT2D eigenvalue weighted by Gasteiger charge is -2.32. The number of benzene rings is 2. The molecule has 0 spiro atoms. The maximum absolute atomic E-state index is 13.2. The van der Waals surface area contributed by atoms with Crippen molar-refractivity contribution in [1.82, 2.24) is 10.6 Å². The van der Waals surface area contributed by atoms with Gasteiger partial charge < -0.3 is 16.0 Å². The lowest BCUT2D eigenvalue weighted by Crippen LogP contribution is -2.54. The Labute approximate surface area is 192 Å². The summed E-state index contributed by atoms with van der Waals surface area (Å²) in [5, 5.41) is 8.81. The molecule has 8 heteroatoms. The van der Waals surface area contributed by atoms with Gasteiger partial charge in [-0.3, -0.25) is 14.5 Å². The molecule has 0 unspecified atom stereocenters. The summed E-state index contributed by atoms with van der Waals surface area (Å²) in [5.74, 6) is 0.281. The van der Waals surface area contributed by atoms with Gasteiger partial charge >= 0.3 is 6.03 Å². The number of hydrogen-bond donors (Lipinski definition) is 3. The average Bonchev–Trinajstić information content (AvgIpc) is 2.81. The van der Waals surface area contributed by atoms with Gasteiger partial charge in [-0.2, -0.15) is 11.8 Å². The van der Waals surface area contributed by atoms with E-state index in [9.17, 15) is 14.4 Å². The van der Waals surface area contributed by atoms with Crippen molar-refractivity contribution < 1.29 is 14.4 Å². The van der Waals surface area contributed by atoms with E-state index in [-0.39, 0.29) is 24.4 Å². The summed E-state index contributed by atoms with van der Waals surface area (Å²) < 4.78 is 0. The molecule has 0 aromatic heterocycles. The standard InChI is InChI=1S/C24H28N4O3S/c1-32-14-13-20(23(30)26-18-11-6-8-16-7-2-3-9-17(16)18)27-24(31)28-15-22(29)25-19-10-4-5-12-21(19)28/h2-5,7,9-10,12,18,20H,6,8,11,13-15H2,1H3,(H,25,29)(H,26,30)(H,27,31)/t18-,20+/m1/s1. The second-order valence-electron chi connectivity index (χ2n) is 8.09. The van der Waals surface area contributed by atoms with E-state index in [1.54, 1.807) is 30.0 Å². The Balaban J connectivity index is 1.49. The van der Waals surface area contributed by atoms with Gasteiger partial charge in [0.2, 0.25) is 11.8 Å². The molecule has 0 fully saturated rings. The molecule has 2 aromatic rings. The second kappa shape index (κ2) is 10.1. The number of carbonyl (C=O) groups is 3. The van der Waals surface area contributed by atoms with Gasteiger partial charge in [0.25, 0.3) is 0 Å². The third-order valence-corrected chi connectivity index (χ3v) is 6.57. The third-order valence-electron chi connectivity index (χ3n) is 5.93. The molecule has 0 bridgehead atoms. The van der Waals surface area contributed by atoms with Crippen molar-refractivity contribution in [1.29, 1.82) is 0 Å². The van der Waals surface area contributed by atoms with Gasteiger partial charge in [-0.05, 0) is 61.0 Å². The molecule has 2 aliphatic rings. The first kappa shape index (κ1) is 22.2. The van der Waals surface area contributed by atoms with Crippen LogP contribution in [0.4, 0.5) is 16.2 Å². The van der Waals surface area contributed by atoms with Gasteiger partial charge in [0.05, 0.1) is 17.4 Å². The Bertz CT molecular complexity index is 1010. The van der Waals surface area contributed by atoms with Crippen LogP contribution >= 0.6 is 11.8 Å². The van der Waals surface area contributed by atoms with Crippen LogP contribution in [0.3, 0.4) is 0 Å². The summed E-state index contributed by atoms with van der Waals surface area (Å²) >= 11 is 1.62. The van der Waals surface area contributed by atoms with Gasteiger partial charge in [0.15, 0.2) is 0 Å². The first-order valence-electron chi connectivity index (χ1n) is 10.9. The van der Waals surface area contributed by atoms with Crippen molar-refractivity contribution in [2.24, 2.45) is 0 Å². The van der Waals surface area contributed by atoms with Crippen LogP contribution in [0, 0.1) is 0 Å². The van der Waals surface area contributed by atoms with E-state index in [2.05, 4.69) is 28.1 Å². The van der Waals surface area contributed by atoms with Crippen molar-refractivity contribution >= 4 is 41.0 Å². The first-order valence-corrected chi connectivity index (χ1v) is 12.3. The Hall–Kier alpha value is -3.00. The summed E-state index contributed by atoms with van der Waals surface area (Å²) in [7, 11) is 0. The van der Waals surface area contributed by atoms with Gasteiger partial charge in [-0.25, -0.2) is 4.79 Å². The largest absolute Gasteiger partial charge is 0.348 e. The number of fused-ring (bicyclic) bond motifs is 2. The summed E-state index contributed by atoms with van der Waals surface area (Å²) in [5.41, 5.74) is 3.63. The fourth-order valence-corrected chi connectivity index (χ4v) is 4.79. The quantitative estimate of drug-likeness (QED) is 0.626. The summed E-state index contributed by atoms with van der Waals surface area (Å²) in [6, 6.07) is 14.2. The van der Waals surface area contributed by atoms with Gasteiger partial charge in [0, 0.05) is 0 Å². The van der Waals surface area contributed by atoms with E-state index in [0.717, 1.165) is 30.6 Å². The minimum atomic E-state index is -0.679. The van der Waals surface area contributed by atoms with Crippen LogP contribution in [0.15, 0.2) is 48.5 Å². The number of anilines is 2. The maximum atomic E-state index is 13.2. The second-order valence-corrected chi connectivity index (χ2v) is 9.07. The molecule has 4 amide bonds. The number of rotatable bonds is 6. The normalized spacial score (nSPS) is 18.1. The molecule has 2 aromatic carbocycles. The van der Waals surface area contributed by atoms with Gasteiger partial charge in [0.1, 0.15) is 12.6 Å². The molecule has 0 saturated heterocycles. The van der Waals surface area contributed by atoms with Gasteiger partial charge in [-0.1, -0.05) is 36.4 Å². The summed E-state index contributed by atoms with van der Waals surface area (Å²) in [6.07, 6.45) is 5.40. The zero-order valence-electron chi connectivity index (χ0n) is 18.1. The number of amides is 4. The molecule has 168 valence electrons. The maximum Gasteiger partial charge on any atom is 0.323 e. The lowest BCUT2D eigenvalue weighted by atomic mass is 9.87. The molecule has 0 saturated carbocycles. The Morgan fingerprint density at radius 2 is 1.97 bits per heavy atom. The SMILES string of the molecule is CSCC[C@H](NC(=O)N1CC(=O)Nc2ccccc21)C(=O)N[C@@H]1CCCc2ccccc21. The summed E-state index contributed by atoms with van der Waals surface area (Å²) in [6.45, 7) is -0.0876. The molecular weight excluding hydrogens is 424 g/mol. The first-order chi connectivity index (χ1) is 15.6. The van der Waals surface area contributed by atoms with Crippen LogP contribution in [-0.2, 0) is 16.0 Å². The van der Waals surface area contributed by atoms with Crippen molar-refractivity contribution in [2.45, 2.75) is 37.8 Å². The minimum absolute atomic E-state index is 0.0531. The fourth-order valence-electron chi connectivity index (χ4n) is 4.32. The topological polar surface area (TPSA) is 90.5 Å². The van der Waals surface area contributed by atoms with E-state index in [1.165, 1.54) is 10.5 Å². The highest BCUT2D eigenvalue weighted by molar-refractivity contribution is 7.98. The number of hydrogen-bond acceptors (Lipinski definition) is 4. The molecule has 2 atom stereocenters. The number of thioether (sulfide) groups is 1. The summed E-state index contributed by atoms with van der Waals surface area (Å²) in [4.78, 5) is 39.8. The van der Waals surface area contributed by atoms with Crippen LogP contribution in [0.25, 0.3) is 0 Å². The van der Waals surface area contributed by atoms with Crippen LogP contribution < -0.4 is 20.9 Å². The molecule has 32 heavy (non-hydrogen) atoms. The van der Waals surface area contributed by atoms with E-state index < -0.39 is 12.1 Å². The number of urea groups is 1. The number of nitrogens with zero attached hydrogens (tertiary/aromatic N) is 1. The zero-order valence-corrected chi connectivity index (χ0v) is 18.9. The number of aryl methyl sites for hydroxylation is 1. The highest BCUT2D eigenvalue weighted by Gasteiger charge is 2.31. The predicted octanol–water partition coefficient (Wildman–Crippen LogP) is 3.47. The number of nitrogens with one attached hydrogen (secondary N) is 3.